The predicted molar refractivity (Wildman–Crippen MR) is 73.0 cm³/mol. The van der Waals surface area contributed by atoms with Gasteiger partial charge in [-0.15, -0.1) is 0 Å². The molecule has 4 nitrogen and oxygen atoms in total. The molecule has 1 aromatic rings. The topological polar surface area (TPSA) is 72.2 Å². The highest BCUT2D eigenvalue weighted by molar-refractivity contribution is 7.93. The van der Waals surface area contributed by atoms with Gasteiger partial charge in [0.1, 0.15) is 11.1 Å². The lowest BCUT2D eigenvalue weighted by Crippen LogP contribution is -2.41. The molecule has 1 rings (SSSR count). The average molecular weight is 290 g/mol. The van der Waals surface area contributed by atoms with Gasteiger partial charge in [0.05, 0.1) is 4.99 Å². The number of sulfonamides is 1. The number of nitrogens with two attached hydrogens (primary N) is 1. The summed E-state index contributed by atoms with van der Waals surface area (Å²) in [5.41, 5.74) is 6.05. The fraction of sp³-hybridized carbons (Fsp3) is 0.364. The third-order valence-corrected chi connectivity index (χ3v) is 4.77. The zero-order valence-corrected chi connectivity index (χ0v) is 11.5. The van der Waals surface area contributed by atoms with Crippen LogP contribution >= 0.6 is 12.2 Å². The third kappa shape index (κ3) is 4.01. The molecule has 0 heterocycles. The van der Waals surface area contributed by atoms with Gasteiger partial charge in [-0.05, 0) is 24.1 Å². The highest BCUT2D eigenvalue weighted by Crippen LogP contribution is 2.07. The zero-order chi connectivity index (χ0) is 13.8. The van der Waals surface area contributed by atoms with Gasteiger partial charge >= 0.3 is 0 Å². The molecule has 0 saturated heterocycles. The highest BCUT2D eigenvalue weighted by atomic mass is 32.2. The molecule has 1 atom stereocenters. The maximum absolute atomic E-state index is 12.7. The first kappa shape index (κ1) is 15.0. The second-order valence-electron chi connectivity index (χ2n) is 3.79. The van der Waals surface area contributed by atoms with Crippen LogP contribution in [0, 0.1) is 5.82 Å². The molecule has 0 aliphatic rings. The molecule has 7 heteroatoms. The minimum atomic E-state index is -3.59. The Labute approximate surface area is 111 Å². The summed E-state index contributed by atoms with van der Waals surface area (Å²) in [7, 11) is -3.59. The van der Waals surface area contributed by atoms with Crippen LogP contribution in [0.1, 0.15) is 18.9 Å². The van der Waals surface area contributed by atoms with Crippen LogP contribution < -0.4 is 10.5 Å². The Morgan fingerprint density at radius 1 is 1.44 bits per heavy atom. The van der Waals surface area contributed by atoms with Crippen LogP contribution in [0.2, 0.25) is 0 Å². The van der Waals surface area contributed by atoms with E-state index < -0.39 is 15.3 Å². The van der Waals surface area contributed by atoms with Crippen molar-refractivity contribution >= 4 is 27.2 Å². The molecule has 3 N–H and O–H groups in total. The first-order valence-corrected chi connectivity index (χ1v) is 7.34. The fourth-order valence-electron chi connectivity index (χ4n) is 1.46. The molecule has 0 amide bonds. The quantitative estimate of drug-likeness (QED) is 0.775. The zero-order valence-electron chi connectivity index (χ0n) is 9.89. The van der Waals surface area contributed by atoms with E-state index >= 15 is 0 Å². The smallest absolute Gasteiger partial charge is 0.221 e. The van der Waals surface area contributed by atoms with Crippen molar-refractivity contribution in [2.24, 2.45) is 5.73 Å². The summed E-state index contributed by atoms with van der Waals surface area (Å²) < 4.78 is 38.9. The molecule has 1 aromatic carbocycles. The number of rotatable bonds is 6. The molecular weight excluding hydrogens is 275 g/mol. The van der Waals surface area contributed by atoms with Crippen LogP contribution in [-0.4, -0.2) is 18.7 Å². The summed E-state index contributed by atoms with van der Waals surface area (Å²) >= 11 is 4.72. The number of halogens is 1. The van der Waals surface area contributed by atoms with E-state index in [1.807, 2.05) is 0 Å². The Bertz CT molecular complexity index is 514. The maximum Gasteiger partial charge on any atom is 0.221 e. The minimum absolute atomic E-state index is 0.0518. The Morgan fingerprint density at radius 3 is 2.44 bits per heavy atom. The number of benzene rings is 1. The molecule has 0 aliphatic heterocycles. The van der Waals surface area contributed by atoms with Gasteiger partial charge in [-0.1, -0.05) is 31.3 Å². The maximum atomic E-state index is 12.7. The first-order valence-electron chi connectivity index (χ1n) is 5.39. The lowest BCUT2D eigenvalue weighted by Gasteiger charge is -2.15. The van der Waals surface area contributed by atoms with Gasteiger partial charge in [0.2, 0.25) is 10.0 Å². The summed E-state index contributed by atoms with van der Waals surface area (Å²) in [4.78, 5) is -0.0518. The monoisotopic (exact) mass is 290 g/mol. The van der Waals surface area contributed by atoms with Gasteiger partial charge < -0.3 is 5.73 Å². The van der Waals surface area contributed by atoms with Crippen molar-refractivity contribution < 1.29 is 12.8 Å². The molecule has 18 heavy (non-hydrogen) atoms. The lowest BCUT2D eigenvalue weighted by molar-refractivity contribution is 0.574. The van der Waals surface area contributed by atoms with E-state index in [1.165, 1.54) is 24.3 Å². The van der Waals surface area contributed by atoms with Gasteiger partial charge in [-0.3, -0.25) is 0 Å². The van der Waals surface area contributed by atoms with Crippen molar-refractivity contribution in [2.75, 3.05) is 0 Å². The molecular formula is C11H15FN2O2S2. The molecule has 0 spiro atoms. The summed E-state index contributed by atoms with van der Waals surface area (Å²) in [6.07, 6.45) is 0.314. The van der Waals surface area contributed by atoms with Crippen LogP contribution in [-0.2, 0) is 16.6 Å². The van der Waals surface area contributed by atoms with E-state index in [9.17, 15) is 12.8 Å². The molecule has 0 aliphatic carbocycles. The second kappa shape index (κ2) is 6.21. The van der Waals surface area contributed by atoms with Crippen LogP contribution in [0.25, 0.3) is 0 Å². The highest BCUT2D eigenvalue weighted by Gasteiger charge is 2.25. The number of hydrogen-bond acceptors (Lipinski definition) is 3. The lowest BCUT2D eigenvalue weighted by atomic mass is 10.2. The standard InChI is InChI=1S/C11H15FN2O2S2/c1-2-10(11(13)17)18(15,16)14-7-8-3-5-9(12)6-4-8/h3-6,10,14H,2,7H2,1H3,(H2,13,17). The van der Waals surface area contributed by atoms with E-state index in [4.69, 9.17) is 18.0 Å². The predicted octanol–water partition coefficient (Wildman–Crippen LogP) is 1.31. The SMILES string of the molecule is CCC(C(N)=S)S(=O)(=O)NCc1ccc(F)cc1. The number of thiocarbonyl (C=S) groups is 1. The molecule has 0 saturated carbocycles. The van der Waals surface area contributed by atoms with E-state index in [-0.39, 0.29) is 17.4 Å². The van der Waals surface area contributed by atoms with Crippen molar-refractivity contribution in [2.45, 2.75) is 25.1 Å². The van der Waals surface area contributed by atoms with Crippen molar-refractivity contribution in [3.05, 3.63) is 35.6 Å². The van der Waals surface area contributed by atoms with Gasteiger partial charge in [-0.25, -0.2) is 17.5 Å². The Morgan fingerprint density at radius 2 is 2.00 bits per heavy atom. The molecule has 0 aromatic heterocycles. The van der Waals surface area contributed by atoms with Crippen LogP contribution in [0.5, 0.6) is 0 Å². The Hall–Kier alpha value is -1.05. The van der Waals surface area contributed by atoms with Crippen molar-refractivity contribution in [1.29, 1.82) is 0 Å². The number of nitrogens with one attached hydrogen (secondary N) is 1. The summed E-state index contributed by atoms with van der Waals surface area (Å²) in [5.74, 6) is -0.365. The first-order chi connectivity index (χ1) is 8.36. The summed E-state index contributed by atoms with van der Waals surface area (Å²) in [5, 5.41) is -0.882. The van der Waals surface area contributed by atoms with Crippen molar-refractivity contribution in [3.63, 3.8) is 0 Å². The van der Waals surface area contributed by atoms with E-state index in [0.29, 0.717) is 12.0 Å². The van der Waals surface area contributed by atoms with Crippen LogP contribution in [0.15, 0.2) is 24.3 Å². The molecule has 1 unspecified atom stereocenters. The van der Waals surface area contributed by atoms with E-state index in [1.54, 1.807) is 6.92 Å². The largest absolute Gasteiger partial charge is 0.392 e. The molecule has 100 valence electrons. The van der Waals surface area contributed by atoms with Gasteiger partial charge in [0.15, 0.2) is 0 Å². The summed E-state index contributed by atoms with van der Waals surface area (Å²) in [6.45, 7) is 1.78. The third-order valence-electron chi connectivity index (χ3n) is 2.45. The van der Waals surface area contributed by atoms with Crippen molar-refractivity contribution in [1.82, 2.24) is 4.72 Å². The minimum Gasteiger partial charge on any atom is -0.392 e. The van der Waals surface area contributed by atoms with Crippen LogP contribution in [0.4, 0.5) is 4.39 Å². The summed E-state index contributed by atoms with van der Waals surface area (Å²) in [6, 6.07) is 5.57. The fourth-order valence-corrected chi connectivity index (χ4v) is 3.32. The normalized spacial score (nSPS) is 13.2. The van der Waals surface area contributed by atoms with Crippen LogP contribution in [0.3, 0.4) is 0 Å². The van der Waals surface area contributed by atoms with Gasteiger partial charge in [0.25, 0.3) is 0 Å². The Balaban J connectivity index is 2.72. The Kier molecular flexibility index (Phi) is 5.18. The molecule has 0 bridgehead atoms. The molecule has 0 radical (unpaired) electrons. The second-order valence-corrected chi connectivity index (χ2v) is 6.21. The molecule has 0 fully saturated rings. The average Bonchev–Trinajstić information content (AvgIpc) is 2.28. The van der Waals surface area contributed by atoms with Crippen molar-refractivity contribution in [3.8, 4) is 0 Å². The van der Waals surface area contributed by atoms with E-state index in [0.717, 1.165) is 0 Å². The number of hydrogen-bond donors (Lipinski definition) is 2. The van der Waals surface area contributed by atoms with Gasteiger partial charge in [0, 0.05) is 6.54 Å². The van der Waals surface area contributed by atoms with E-state index in [2.05, 4.69) is 4.72 Å². The van der Waals surface area contributed by atoms with Gasteiger partial charge in [-0.2, -0.15) is 0 Å².